The van der Waals surface area contributed by atoms with E-state index in [2.05, 4.69) is 4.99 Å². The van der Waals surface area contributed by atoms with Gasteiger partial charge in [-0.25, -0.2) is 9.38 Å². The molecule has 80 valence electrons. The zero-order chi connectivity index (χ0) is 10.7. The van der Waals surface area contributed by atoms with E-state index in [-0.39, 0.29) is 11.9 Å². The molecule has 0 aromatic heterocycles. The fourth-order valence-electron chi connectivity index (χ4n) is 1.51. The average molecular weight is 208 g/mol. The molecular weight excluding hydrogens is 195 g/mol. The standard InChI is InChI=1S/C11H13FN2O/c12-9-3-1-8(2-4-9)11-14-7-10(15-11)5-6-13/h1-4,10H,5-7,13H2. The van der Waals surface area contributed by atoms with Crippen molar-refractivity contribution in [3.05, 3.63) is 35.6 Å². The van der Waals surface area contributed by atoms with Gasteiger partial charge in [0, 0.05) is 5.56 Å². The molecule has 1 aliphatic rings. The van der Waals surface area contributed by atoms with E-state index in [4.69, 9.17) is 10.5 Å². The van der Waals surface area contributed by atoms with Crippen LogP contribution in [0.1, 0.15) is 12.0 Å². The summed E-state index contributed by atoms with van der Waals surface area (Å²) in [5.74, 6) is 0.337. The van der Waals surface area contributed by atoms with Crippen LogP contribution in [0.25, 0.3) is 0 Å². The number of halogens is 1. The van der Waals surface area contributed by atoms with E-state index in [1.807, 2.05) is 0 Å². The van der Waals surface area contributed by atoms with Crippen LogP contribution >= 0.6 is 0 Å². The molecule has 1 unspecified atom stereocenters. The van der Waals surface area contributed by atoms with Gasteiger partial charge in [0.25, 0.3) is 0 Å². The monoisotopic (exact) mass is 208 g/mol. The van der Waals surface area contributed by atoms with Crippen LogP contribution in [0.15, 0.2) is 29.3 Å². The second-order valence-electron chi connectivity index (χ2n) is 3.47. The topological polar surface area (TPSA) is 47.6 Å². The normalized spacial score (nSPS) is 19.9. The number of benzene rings is 1. The number of nitrogens with zero attached hydrogens (tertiary/aromatic N) is 1. The quantitative estimate of drug-likeness (QED) is 0.814. The van der Waals surface area contributed by atoms with Gasteiger partial charge >= 0.3 is 0 Å². The van der Waals surface area contributed by atoms with Crippen LogP contribution in [0.5, 0.6) is 0 Å². The second-order valence-corrected chi connectivity index (χ2v) is 3.47. The maximum Gasteiger partial charge on any atom is 0.216 e. The molecule has 0 amide bonds. The number of hydrogen-bond donors (Lipinski definition) is 1. The molecule has 1 atom stereocenters. The Morgan fingerprint density at radius 3 is 2.80 bits per heavy atom. The summed E-state index contributed by atoms with van der Waals surface area (Å²) in [5, 5.41) is 0. The van der Waals surface area contributed by atoms with Gasteiger partial charge in [0.15, 0.2) is 0 Å². The van der Waals surface area contributed by atoms with Gasteiger partial charge in [-0.2, -0.15) is 0 Å². The Kier molecular flexibility index (Phi) is 2.97. The van der Waals surface area contributed by atoms with E-state index in [0.717, 1.165) is 12.0 Å². The Labute approximate surface area is 87.8 Å². The SMILES string of the molecule is NCCC1CN=C(c2ccc(F)cc2)O1. The van der Waals surface area contributed by atoms with Crippen molar-refractivity contribution in [2.24, 2.45) is 10.7 Å². The van der Waals surface area contributed by atoms with Crippen LogP contribution in [0.2, 0.25) is 0 Å². The molecular formula is C11H13FN2O. The number of ether oxygens (including phenoxy) is 1. The third-order valence-electron chi connectivity index (χ3n) is 2.30. The minimum Gasteiger partial charge on any atom is -0.472 e. The smallest absolute Gasteiger partial charge is 0.216 e. The molecule has 1 heterocycles. The molecule has 0 saturated carbocycles. The Morgan fingerprint density at radius 1 is 1.40 bits per heavy atom. The molecule has 0 spiro atoms. The van der Waals surface area contributed by atoms with Crippen molar-refractivity contribution in [3.8, 4) is 0 Å². The lowest BCUT2D eigenvalue weighted by atomic mass is 10.2. The second kappa shape index (κ2) is 4.40. The fraction of sp³-hybridized carbons (Fsp3) is 0.364. The zero-order valence-electron chi connectivity index (χ0n) is 8.32. The summed E-state index contributed by atoms with van der Waals surface area (Å²) >= 11 is 0. The van der Waals surface area contributed by atoms with Crippen molar-refractivity contribution in [1.29, 1.82) is 0 Å². The van der Waals surface area contributed by atoms with Gasteiger partial charge < -0.3 is 10.5 Å². The lowest BCUT2D eigenvalue weighted by molar-refractivity contribution is 0.216. The van der Waals surface area contributed by atoms with E-state index in [1.54, 1.807) is 12.1 Å². The summed E-state index contributed by atoms with van der Waals surface area (Å²) in [7, 11) is 0. The van der Waals surface area contributed by atoms with Crippen LogP contribution in [0.4, 0.5) is 4.39 Å². The molecule has 4 heteroatoms. The molecule has 0 bridgehead atoms. The molecule has 0 saturated heterocycles. The Morgan fingerprint density at radius 2 is 2.13 bits per heavy atom. The summed E-state index contributed by atoms with van der Waals surface area (Å²) in [6.45, 7) is 1.24. The van der Waals surface area contributed by atoms with Crippen molar-refractivity contribution < 1.29 is 9.13 Å². The number of aliphatic imine (C=N–C) groups is 1. The Balaban J connectivity index is 2.04. The van der Waals surface area contributed by atoms with E-state index in [9.17, 15) is 4.39 Å². The lowest BCUT2D eigenvalue weighted by Crippen LogP contribution is -2.18. The summed E-state index contributed by atoms with van der Waals surface area (Å²) in [6, 6.07) is 6.13. The molecule has 2 N–H and O–H groups in total. The Hall–Kier alpha value is -1.42. The van der Waals surface area contributed by atoms with E-state index in [1.165, 1.54) is 12.1 Å². The zero-order valence-corrected chi connectivity index (χ0v) is 8.32. The first-order chi connectivity index (χ1) is 7.29. The minimum absolute atomic E-state index is 0.0788. The highest BCUT2D eigenvalue weighted by Crippen LogP contribution is 2.14. The van der Waals surface area contributed by atoms with Crippen LogP contribution in [-0.4, -0.2) is 25.1 Å². The molecule has 1 aromatic rings. The molecule has 2 rings (SSSR count). The first kappa shape index (κ1) is 10.1. The third kappa shape index (κ3) is 2.33. The fourth-order valence-corrected chi connectivity index (χ4v) is 1.51. The molecule has 1 aliphatic heterocycles. The number of nitrogens with two attached hydrogens (primary N) is 1. The Bertz CT molecular complexity index is 361. The minimum atomic E-state index is -0.254. The van der Waals surface area contributed by atoms with Crippen LogP contribution < -0.4 is 5.73 Å². The van der Waals surface area contributed by atoms with Crippen molar-refractivity contribution >= 4 is 5.90 Å². The largest absolute Gasteiger partial charge is 0.472 e. The predicted molar refractivity (Wildman–Crippen MR) is 56.3 cm³/mol. The maximum absolute atomic E-state index is 12.7. The summed E-state index contributed by atoms with van der Waals surface area (Å²) < 4.78 is 18.2. The van der Waals surface area contributed by atoms with Gasteiger partial charge in [-0.15, -0.1) is 0 Å². The molecule has 3 nitrogen and oxygen atoms in total. The van der Waals surface area contributed by atoms with Gasteiger partial charge in [-0.1, -0.05) is 0 Å². The van der Waals surface area contributed by atoms with E-state index in [0.29, 0.717) is 19.0 Å². The third-order valence-corrected chi connectivity index (χ3v) is 2.30. The van der Waals surface area contributed by atoms with Crippen LogP contribution in [-0.2, 0) is 4.74 Å². The van der Waals surface area contributed by atoms with Gasteiger partial charge in [0.2, 0.25) is 5.90 Å². The summed E-state index contributed by atoms with van der Waals surface area (Å²) in [6.07, 6.45) is 0.879. The van der Waals surface area contributed by atoms with Crippen LogP contribution in [0, 0.1) is 5.82 Å². The molecule has 1 aromatic carbocycles. The summed E-state index contributed by atoms with van der Waals surface area (Å²) in [5.41, 5.74) is 6.25. The van der Waals surface area contributed by atoms with Crippen molar-refractivity contribution in [1.82, 2.24) is 0 Å². The van der Waals surface area contributed by atoms with E-state index < -0.39 is 0 Å². The van der Waals surface area contributed by atoms with E-state index >= 15 is 0 Å². The summed E-state index contributed by atoms with van der Waals surface area (Å²) in [4.78, 5) is 4.25. The number of rotatable bonds is 3. The number of hydrogen-bond acceptors (Lipinski definition) is 3. The first-order valence-electron chi connectivity index (χ1n) is 4.96. The molecule has 0 radical (unpaired) electrons. The van der Waals surface area contributed by atoms with Crippen LogP contribution in [0.3, 0.4) is 0 Å². The van der Waals surface area contributed by atoms with Gasteiger partial charge in [0.05, 0.1) is 6.54 Å². The average Bonchev–Trinajstić information content (AvgIpc) is 2.68. The highest BCUT2D eigenvalue weighted by molar-refractivity contribution is 5.95. The lowest BCUT2D eigenvalue weighted by Gasteiger charge is -2.09. The highest BCUT2D eigenvalue weighted by atomic mass is 19.1. The van der Waals surface area contributed by atoms with Gasteiger partial charge in [0.1, 0.15) is 11.9 Å². The molecule has 15 heavy (non-hydrogen) atoms. The van der Waals surface area contributed by atoms with Crippen molar-refractivity contribution in [3.63, 3.8) is 0 Å². The van der Waals surface area contributed by atoms with Gasteiger partial charge in [-0.3, -0.25) is 0 Å². The highest BCUT2D eigenvalue weighted by Gasteiger charge is 2.19. The molecule has 0 fully saturated rings. The maximum atomic E-state index is 12.7. The van der Waals surface area contributed by atoms with Gasteiger partial charge in [-0.05, 0) is 37.2 Å². The van der Waals surface area contributed by atoms with Crippen molar-refractivity contribution in [2.75, 3.05) is 13.1 Å². The predicted octanol–water partition coefficient (Wildman–Crippen LogP) is 1.32. The molecule has 0 aliphatic carbocycles. The van der Waals surface area contributed by atoms with Crippen molar-refractivity contribution in [2.45, 2.75) is 12.5 Å². The first-order valence-corrected chi connectivity index (χ1v) is 4.96.